The Labute approximate surface area is 250 Å². The molecule has 0 unspecified atom stereocenters. The number of benzene rings is 3. The van der Waals surface area contributed by atoms with Gasteiger partial charge in [0.25, 0.3) is 0 Å². The largest absolute Gasteiger partial charge is 2.00 e. The van der Waals surface area contributed by atoms with E-state index in [2.05, 4.69) is 73.5 Å². The number of hydrogen-bond donors (Lipinski definition) is 0. The maximum Gasteiger partial charge on any atom is 2.00 e. The minimum Gasteiger partial charge on any atom is -0.365 e. The van der Waals surface area contributed by atoms with Crippen molar-refractivity contribution in [2.45, 2.75) is 5.41 Å². The van der Waals surface area contributed by atoms with Gasteiger partial charge in [-0.2, -0.15) is 88.8 Å². The second kappa shape index (κ2) is 12.5. The molecule has 0 heterocycles. The van der Waals surface area contributed by atoms with E-state index in [4.69, 9.17) is 0 Å². The Bertz CT molecular complexity index is 721. The number of rotatable bonds is 2. The van der Waals surface area contributed by atoms with Crippen LogP contribution in [0.25, 0.3) is 0 Å². The molecule has 0 bridgehead atoms. The quantitative estimate of drug-likeness (QED) is 0.340. The van der Waals surface area contributed by atoms with E-state index >= 15 is 0 Å². The van der Waals surface area contributed by atoms with Gasteiger partial charge in [0, 0.05) is 98.1 Å². The predicted octanol–water partition coefficient (Wildman–Crippen LogP) is 4.38. The Hall–Kier alpha value is 1.89. The second-order valence-electron chi connectivity index (χ2n) is 5.28. The molecule has 4 rings (SSSR count). The smallest absolute Gasteiger partial charge is 0.365 e. The summed E-state index contributed by atoms with van der Waals surface area (Å²) in [6.07, 6.45) is 4.48. The second-order valence-corrected chi connectivity index (χ2v) is 5.28. The molecule has 0 N–H and O–H groups in total. The van der Waals surface area contributed by atoms with Crippen molar-refractivity contribution in [3.63, 3.8) is 0 Å². The van der Waals surface area contributed by atoms with Crippen LogP contribution in [0.2, 0.25) is 0 Å². The van der Waals surface area contributed by atoms with E-state index in [1.54, 1.807) is 0 Å². The molecule has 0 fully saturated rings. The van der Waals surface area contributed by atoms with Crippen molar-refractivity contribution in [3.8, 4) is 0 Å². The molecule has 0 amide bonds. The van der Waals surface area contributed by atoms with Crippen molar-refractivity contribution >= 4 is 0 Å². The summed E-state index contributed by atoms with van der Waals surface area (Å²) < 4.78 is 0. The van der Waals surface area contributed by atoms with Crippen LogP contribution in [0.5, 0.6) is 0 Å². The summed E-state index contributed by atoms with van der Waals surface area (Å²) in [7, 11) is 0. The van der Waals surface area contributed by atoms with Crippen molar-refractivity contribution in [3.05, 3.63) is 120 Å². The molecule has 0 nitrogen and oxygen atoms in total. The molecule has 3 aromatic rings. The molecule has 0 atom stereocenters. The molecule has 0 saturated heterocycles. The molecule has 1 aliphatic rings. The summed E-state index contributed by atoms with van der Waals surface area (Å²) in [4.78, 5) is 0. The van der Waals surface area contributed by atoms with Crippen LogP contribution in [-0.2, 0) is 104 Å². The zero-order valence-corrected chi connectivity index (χ0v) is 26.5. The van der Waals surface area contributed by atoms with Gasteiger partial charge in [0.15, 0.2) is 0 Å². The molecule has 1 aliphatic carbocycles. The van der Waals surface area contributed by atoms with Crippen molar-refractivity contribution < 1.29 is 129 Å². The zero-order valence-electron chi connectivity index (χ0n) is 13.8. The molecule has 0 aliphatic heterocycles. The van der Waals surface area contributed by atoms with E-state index in [1.807, 2.05) is 24.3 Å². The molecule has 25 heavy (non-hydrogen) atoms. The fourth-order valence-electron chi connectivity index (χ4n) is 3.20. The molecule has 0 spiro atoms. The molecular weight excluding hydrogens is 757 g/mol. The van der Waals surface area contributed by atoms with E-state index in [0.29, 0.717) is 0 Å². The third-order valence-corrected chi connectivity index (χ3v) is 4.17. The topological polar surface area (TPSA) is 0 Å². The minimum atomic E-state index is -0.279. The third kappa shape index (κ3) is 5.28. The molecule has 0 aromatic heterocycles. The van der Waals surface area contributed by atoms with Gasteiger partial charge in [0.05, 0.1) is 0 Å². The van der Waals surface area contributed by atoms with Crippen LogP contribution in [0.3, 0.4) is 0 Å². The van der Waals surface area contributed by atoms with Crippen LogP contribution in [0, 0.1) is 56.1 Å². The van der Waals surface area contributed by atoms with Crippen LogP contribution in [0.15, 0.2) is 72.8 Å². The predicted molar refractivity (Wildman–Crippen MR) is 84.6 cm³/mol. The summed E-state index contributed by atoms with van der Waals surface area (Å²) >= 11 is 0. The molecule has 3 aromatic carbocycles. The maximum absolute atomic E-state index is 3.42. The van der Waals surface area contributed by atoms with Crippen LogP contribution in [0.1, 0.15) is 22.3 Å². The van der Waals surface area contributed by atoms with E-state index < -0.39 is 0 Å². The van der Waals surface area contributed by atoms with Crippen molar-refractivity contribution in [2.75, 3.05) is 0 Å². The van der Waals surface area contributed by atoms with Gasteiger partial charge >= 0.3 is 31.1 Å². The van der Waals surface area contributed by atoms with Gasteiger partial charge in [-0.05, 0) is 0 Å². The third-order valence-electron chi connectivity index (χ3n) is 4.17. The normalized spacial score (nSPS) is 12.8. The Kier molecular flexibility index (Phi) is 13.4. The van der Waals surface area contributed by atoms with Gasteiger partial charge in [0.1, 0.15) is 0 Å². The number of hydrogen-bond acceptors (Lipinski definition) is 0. The van der Waals surface area contributed by atoms with E-state index in [-0.39, 0.29) is 135 Å². The van der Waals surface area contributed by atoms with E-state index in [1.165, 1.54) is 11.1 Å². The Morgan fingerprint density at radius 1 is 0.680 bits per heavy atom. The minimum absolute atomic E-state index is 0. The van der Waals surface area contributed by atoms with E-state index in [9.17, 15) is 0 Å². The summed E-state index contributed by atoms with van der Waals surface area (Å²) in [6.45, 7) is 0. The van der Waals surface area contributed by atoms with Crippen molar-refractivity contribution in [2.24, 2.45) is 0 Å². The maximum atomic E-state index is 3.42. The average Bonchev–Trinajstić information content (AvgIpc) is 2.97. The number of fused-ring (bicyclic) bond motifs is 1. The van der Waals surface area contributed by atoms with Gasteiger partial charge in [0.2, 0.25) is 0 Å². The SMILES string of the molecule is [U+2].[Y].[Y].[Y].[c-]1ccccc1C1(c2[c-]cccc2)[CH-][CH-]c2ccccc21. The first kappa shape index (κ1) is 26.9. The van der Waals surface area contributed by atoms with Gasteiger partial charge in [-0.15, -0.1) is 12.1 Å². The van der Waals surface area contributed by atoms with Gasteiger partial charge in [-0.1, -0.05) is 6.07 Å². The molecule has 3 radical (unpaired) electrons. The molecule has 4 heteroatoms. The molecule has 0 saturated carbocycles. The van der Waals surface area contributed by atoms with Crippen LogP contribution in [-0.4, -0.2) is 0 Å². The van der Waals surface area contributed by atoms with Crippen LogP contribution in [0.4, 0.5) is 0 Å². The first-order chi connectivity index (χ1) is 10.4. The summed E-state index contributed by atoms with van der Waals surface area (Å²) in [5.74, 6) is 0. The van der Waals surface area contributed by atoms with Crippen molar-refractivity contribution in [1.82, 2.24) is 0 Å². The monoisotopic (exact) mass is 771 g/mol. The Balaban J connectivity index is 0.00000144. The summed E-state index contributed by atoms with van der Waals surface area (Å²) in [6, 6.07) is 31.8. The molecule has 113 valence electrons. The van der Waals surface area contributed by atoms with Gasteiger partial charge in [-0.25, -0.2) is 5.56 Å². The van der Waals surface area contributed by atoms with Crippen LogP contribution < -0.4 is 0 Å². The molecular formula is C21H14UY3-2. The fourth-order valence-corrected chi connectivity index (χ4v) is 3.20. The standard InChI is InChI=1S/C21H14.U.3Y/c1-3-10-18(11-4-1)21(19-12-5-2-6-13-19)16-15-17-9-7-8-14-20(17)21;;;;/h1-10,12,14-16H;;;;/q-4;+2;;;. The summed E-state index contributed by atoms with van der Waals surface area (Å²) in [5, 5.41) is 0. The van der Waals surface area contributed by atoms with E-state index in [0.717, 1.165) is 11.1 Å². The van der Waals surface area contributed by atoms with Crippen molar-refractivity contribution in [1.29, 1.82) is 0 Å². The summed E-state index contributed by atoms with van der Waals surface area (Å²) in [5.41, 5.74) is 4.61. The first-order valence-corrected chi connectivity index (χ1v) is 7.14. The fraction of sp³-hybridized carbons (Fsp3) is 0.0476. The van der Waals surface area contributed by atoms with Gasteiger partial charge in [-0.3, -0.25) is 0 Å². The Morgan fingerprint density at radius 2 is 1.20 bits per heavy atom. The first-order valence-electron chi connectivity index (χ1n) is 7.14. The average molecular weight is 771 g/mol. The van der Waals surface area contributed by atoms with Gasteiger partial charge < -0.3 is 12.8 Å². The van der Waals surface area contributed by atoms with Crippen LogP contribution >= 0.6 is 0 Å². The Morgan fingerprint density at radius 3 is 1.72 bits per heavy atom. The zero-order chi connectivity index (χ0) is 14.1.